The molecular formula is C11H17FN2O3S. The van der Waals surface area contributed by atoms with Crippen LogP contribution in [-0.4, -0.2) is 26.7 Å². The molecule has 1 rings (SSSR count). The number of aliphatic hydroxyl groups excluding tert-OH is 1. The highest BCUT2D eigenvalue weighted by atomic mass is 32.2. The predicted octanol–water partition coefficient (Wildman–Crippen LogP) is 0.705. The molecule has 102 valence electrons. The second-order valence-corrected chi connectivity index (χ2v) is 5.89. The molecule has 0 aliphatic heterocycles. The fourth-order valence-corrected chi connectivity index (χ4v) is 2.61. The Morgan fingerprint density at radius 1 is 1.50 bits per heavy atom. The van der Waals surface area contributed by atoms with Crippen LogP contribution in [0.3, 0.4) is 0 Å². The molecule has 7 heteroatoms. The lowest BCUT2D eigenvalue weighted by molar-refractivity contribution is 0.263. The maximum Gasteiger partial charge on any atom is 0.243 e. The van der Waals surface area contributed by atoms with Gasteiger partial charge in [-0.05, 0) is 30.5 Å². The topological polar surface area (TPSA) is 92.4 Å². The van der Waals surface area contributed by atoms with E-state index in [1.165, 1.54) is 6.07 Å². The molecule has 0 aromatic heterocycles. The fraction of sp³-hybridized carbons (Fsp3) is 0.455. The molecule has 1 atom stereocenters. The van der Waals surface area contributed by atoms with Gasteiger partial charge in [0.25, 0.3) is 0 Å². The summed E-state index contributed by atoms with van der Waals surface area (Å²) in [6.45, 7) is 1.92. The first-order valence-electron chi connectivity index (χ1n) is 5.52. The Balaban J connectivity index is 2.80. The van der Waals surface area contributed by atoms with Crippen LogP contribution in [0.2, 0.25) is 0 Å². The molecule has 4 N–H and O–H groups in total. The fourth-order valence-electron chi connectivity index (χ4n) is 1.39. The molecule has 0 aliphatic carbocycles. The number of halogens is 1. The summed E-state index contributed by atoms with van der Waals surface area (Å²) in [7, 11) is -3.88. The highest BCUT2D eigenvalue weighted by molar-refractivity contribution is 7.89. The van der Waals surface area contributed by atoms with Gasteiger partial charge in [0.15, 0.2) is 0 Å². The van der Waals surface area contributed by atoms with E-state index in [9.17, 15) is 12.8 Å². The van der Waals surface area contributed by atoms with Crippen molar-refractivity contribution < 1.29 is 17.9 Å². The number of nitrogen functional groups attached to an aromatic ring is 1. The molecular weight excluding hydrogens is 259 g/mol. The number of nitrogens with two attached hydrogens (primary N) is 1. The summed E-state index contributed by atoms with van der Waals surface area (Å²) in [5.41, 5.74) is 5.52. The molecule has 0 saturated heterocycles. The molecule has 1 unspecified atom stereocenters. The molecule has 0 bridgehead atoms. The zero-order valence-electron chi connectivity index (χ0n) is 10.1. The molecule has 0 saturated carbocycles. The maximum atomic E-state index is 13.5. The van der Waals surface area contributed by atoms with Crippen LogP contribution in [0.15, 0.2) is 23.1 Å². The predicted molar refractivity (Wildman–Crippen MR) is 66.9 cm³/mol. The van der Waals surface area contributed by atoms with Crippen LogP contribution < -0.4 is 10.5 Å². The molecule has 0 spiro atoms. The molecule has 5 nitrogen and oxygen atoms in total. The third-order valence-electron chi connectivity index (χ3n) is 2.49. The third-order valence-corrected chi connectivity index (χ3v) is 3.95. The Kier molecular flexibility index (Phi) is 5.06. The van der Waals surface area contributed by atoms with Gasteiger partial charge in [0.05, 0.1) is 0 Å². The van der Waals surface area contributed by atoms with E-state index < -0.39 is 20.7 Å². The first kappa shape index (κ1) is 14.9. The summed E-state index contributed by atoms with van der Waals surface area (Å²) in [6.07, 6.45) is 0.479. The van der Waals surface area contributed by atoms with E-state index in [-0.39, 0.29) is 24.8 Å². The van der Waals surface area contributed by atoms with Gasteiger partial charge in [-0.3, -0.25) is 0 Å². The Labute approximate surface area is 106 Å². The SMILES string of the molecule is CC(CCO)CNS(=O)(=O)c1ccc(N)cc1F. The molecule has 18 heavy (non-hydrogen) atoms. The van der Waals surface area contributed by atoms with Crippen molar-refractivity contribution in [2.75, 3.05) is 18.9 Å². The molecule has 0 aliphatic rings. The number of aliphatic hydroxyl groups is 1. The van der Waals surface area contributed by atoms with E-state index in [2.05, 4.69) is 4.72 Å². The van der Waals surface area contributed by atoms with Crippen LogP contribution in [0.1, 0.15) is 13.3 Å². The number of hydrogen-bond acceptors (Lipinski definition) is 4. The van der Waals surface area contributed by atoms with Crippen LogP contribution in [0.4, 0.5) is 10.1 Å². The average molecular weight is 276 g/mol. The number of benzene rings is 1. The Morgan fingerprint density at radius 2 is 2.17 bits per heavy atom. The van der Waals surface area contributed by atoms with E-state index >= 15 is 0 Å². The Hall–Kier alpha value is -1.18. The van der Waals surface area contributed by atoms with Crippen LogP contribution in [-0.2, 0) is 10.0 Å². The first-order valence-corrected chi connectivity index (χ1v) is 7.00. The smallest absolute Gasteiger partial charge is 0.243 e. The normalized spacial score (nSPS) is 13.5. The van der Waals surface area contributed by atoms with Gasteiger partial charge in [-0.2, -0.15) is 0 Å². The summed E-state index contributed by atoms with van der Waals surface area (Å²) in [4.78, 5) is -0.423. The second-order valence-electron chi connectivity index (χ2n) is 4.16. The molecule has 0 amide bonds. The van der Waals surface area contributed by atoms with Crippen molar-refractivity contribution in [3.63, 3.8) is 0 Å². The standard InChI is InChI=1S/C11H17FN2O3S/c1-8(4-5-15)7-14-18(16,17)11-3-2-9(13)6-10(11)12/h2-3,6,8,14-15H,4-5,7,13H2,1H3. The molecule has 0 heterocycles. The van der Waals surface area contributed by atoms with Gasteiger partial charge in [-0.1, -0.05) is 6.92 Å². The van der Waals surface area contributed by atoms with Crippen molar-refractivity contribution in [1.29, 1.82) is 0 Å². The number of hydrogen-bond donors (Lipinski definition) is 3. The lowest BCUT2D eigenvalue weighted by atomic mass is 10.1. The third kappa shape index (κ3) is 3.94. The minimum atomic E-state index is -3.88. The van der Waals surface area contributed by atoms with Crippen molar-refractivity contribution in [3.8, 4) is 0 Å². The van der Waals surface area contributed by atoms with Gasteiger partial charge in [-0.25, -0.2) is 17.5 Å². The average Bonchev–Trinajstić information content (AvgIpc) is 2.26. The minimum Gasteiger partial charge on any atom is -0.399 e. The second kappa shape index (κ2) is 6.12. The summed E-state index contributed by atoms with van der Waals surface area (Å²) >= 11 is 0. The Bertz CT molecular complexity index is 505. The van der Waals surface area contributed by atoms with E-state index in [4.69, 9.17) is 10.8 Å². The van der Waals surface area contributed by atoms with Gasteiger partial charge < -0.3 is 10.8 Å². The summed E-state index contributed by atoms with van der Waals surface area (Å²) in [5, 5.41) is 8.71. The van der Waals surface area contributed by atoms with E-state index in [1.807, 2.05) is 0 Å². The number of sulfonamides is 1. The van der Waals surface area contributed by atoms with Crippen LogP contribution >= 0.6 is 0 Å². The summed E-state index contributed by atoms with van der Waals surface area (Å²) in [5.74, 6) is -0.904. The number of anilines is 1. The van der Waals surface area contributed by atoms with Crippen LogP contribution in [0.25, 0.3) is 0 Å². The van der Waals surface area contributed by atoms with Gasteiger partial charge in [0.1, 0.15) is 10.7 Å². The quantitative estimate of drug-likeness (QED) is 0.667. The monoisotopic (exact) mass is 276 g/mol. The van der Waals surface area contributed by atoms with Crippen molar-refractivity contribution in [2.45, 2.75) is 18.2 Å². The van der Waals surface area contributed by atoms with Gasteiger partial charge in [0, 0.05) is 18.8 Å². The largest absolute Gasteiger partial charge is 0.399 e. The number of rotatable bonds is 6. The van der Waals surface area contributed by atoms with E-state index in [0.717, 1.165) is 12.1 Å². The lowest BCUT2D eigenvalue weighted by Gasteiger charge is -2.12. The Morgan fingerprint density at radius 3 is 2.72 bits per heavy atom. The summed E-state index contributed by atoms with van der Waals surface area (Å²) < 4.78 is 39.4. The summed E-state index contributed by atoms with van der Waals surface area (Å²) in [6, 6.07) is 3.42. The van der Waals surface area contributed by atoms with Crippen molar-refractivity contribution in [3.05, 3.63) is 24.0 Å². The van der Waals surface area contributed by atoms with E-state index in [0.29, 0.717) is 6.42 Å². The zero-order chi connectivity index (χ0) is 13.8. The highest BCUT2D eigenvalue weighted by Gasteiger charge is 2.19. The highest BCUT2D eigenvalue weighted by Crippen LogP contribution is 2.17. The molecule has 1 aromatic rings. The van der Waals surface area contributed by atoms with Crippen molar-refractivity contribution in [2.24, 2.45) is 5.92 Å². The van der Waals surface area contributed by atoms with Gasteiger partial charge >= 0.3 is 0 Å². The van der Waals surface area contributed by atoms with Crippen molar-refractivity contribution in [1.82, 2.24) is 4.72 Å². The lowest BCUT2D eigenvalue weighted by Crippen LogP contribution is -2.29. The van der Waals surface area contributed by atoms with Crippen molar-refractivity contribution >= 4 is 15.7 Å². The van der Waals surface area contributed by atoms with Gasteiger partial charge in [-0.15, -0.1) is 0 Å². The van der Waals surface area contributed by atoms with Crippen LogP contribution in [0.5, 0.6) is 0 Å². The molecule has 0 radical (unpaired) electrons. The number of nitrogens with one attached hydrogen (secondary N) is 1. The van der Waals surface area contributed by atoms with E-state index in [1.54, 1.807) is 6.92 Å². The van der Waals surface area contributed by atoms with Gasteiger partial charge in [0.2, 0.25) is 10.0 Å². The minimum absolute atomic E-state index is 0.0148. The molecule has 1 aromatic carbocycles. The first-order chi connectivity index (χ1) is 8.36. The molecule has 0 fully saturated rings. The maximum absolute atomic E-state index is 13.5. The van der Waals surface area contributed by atoms with Crippen LogP contribution in [0, 0.1) is 11.7 Å². The zero-order valence-corrected chi connectivity index (χ0v) is 10.9.